The number of ether oxygens (including phenoxy) is 2. The van der Waals surface area contributed by atoms with Crippen molar-refractivity contribution in [1.29, 1.82) is 0 Å². The van der Waals surface area contributed by atoms with Gasteiger partial charge in [-0.15, -0.1) is 0 Å². The van der Waals surface area contributed by atoms with Crippen LogP contribution in [0.2, 0.25) is 0 Å². The highest BCUT2D eigenvalue weighted by molar-refractivity contribution is 5.92. The van der Waals surface area contributed by atoms with Crippen LogP contribution >= 0.6 is 0 Å². The van der Waals surface area contributed by atoms with Crippen molar-refractivity contribution in [2.45, 2.75) is 39.7 Å². The molecule has 0 radical (unpaired) electrons. The third kappa shape index (κ3) is 6.85. The van der Waals surface area contributed by atoms with Crippen LogP contribution in [0, 0.1) is 5.92 Å². The molecule has 1 unspecified atom stereocenters. The van der Waals surface area contributed by atoms with Gasteiger partial charge in [0, 0.05) is 25.1 Å². The summed E-state index contributed by atoms with van der Waals surface area (Å²) in [6.07, 6.45) is 4.77. The highest BCUT2D eigenvalue weighted by Gasteiger charge is 2.27. The number of piperidine rings is 1. The second kappa shape index (κ2) is 12.1. The van der Waals surface area contributed by atoms with E-state index in [0.717, 1.165) is 11.1 Å². The van der Waals surface area contributed by atoms with E-state index in [4.69, 9.17) is 9.47 Å². The molecule has 1 aliphatic heterocycles. The summed E-state index contributed by atoms with van der Waals surface area (Å²) in [7, 11) is 0. The lowest BCUT2D eigenvalue weighted by atomic mass is 9.95. The van der Waals surface area contributed by atoms with E-state index in [1.807, 2.05) is 80.3 Å². The lowest BCUT2D eigenvalue weighted by Crippen LogP contribution is -2.43. The summed E-state index contributed by atoms with van der Waals surface area (Å²) >= 11 is 0. The fraction of sp³-hybridized carbons (Fsp3) is 0.407. The minimum atomic E-state index is -0.152. The molecule has 6 heteroatoms. The molecule has 1 atom stereocenters. The summed E-state index contributed by atoms with van der Waals surface area (Å²) in [5, 5.41) is 3.12. The Labute approximate surface area is 196 Å². The Morgan fingerprint density at radius 3 is 2.36 bits per heavy atom. The Hall–Kier alpha value is -3.28. The molecule has 0 aliphatic carbocycles. The predicted molar refractivity (Wildman–Crippen MR) is 130 cm³/mol. The number of likely N-dealkylation sites (tertiary alicyclic amines) is 1. The van der Waals surface area contributed by atoms with E-state index < -0.39 is 0 Å². The Bertz CT molecular complexity index is 950. The minimum absolute atomic E-state index is 0.0103. The first kappa shape index (κ1) is 24.4. The highest BCUT2D eigenvalue weighted by atomic mass is 16.5. The van der Waals surface area contributed by atoms with Crippen LogP contribution in [-0.2, 0) is 9.59 Å². The van der Waals surface area contributed by atoms with Crippen LogP contribution in [0.15, 0.2) is 54.6 Å². The molecule has 1 aliphatic rings. The van der Waals surface area contributed by atoms with Crippen molar-refractivity contribution in [3.63, 3.8) is 0 Å². The van der Waals surface area contributed by atoms with Crippen molar-refractivity contribution in [2.75, 3.05) is 26.3 Å². The molecule has 6 nitrogen and oxygen atoms in total. The SMILES string of the molecule is CCOc1ccc(C(C)NC(=O)C2CCN(C(=O)/C=C/c3ccccc3)CC2)cc1OCC. The molecule has 1 heterocycles. The normalized spacial score (nSPS) is 15.3. The van der Waals surface area contributed by atoms with Gasteiger partial charge in [0.25, 0.3) is 0 Å². The molecule has 176 valence electrons. The lowest BCUT2D eigenvalue weighted by molar-refractivity contribution is -0.132. The highest BCUT2D eigenvalue weighted by Crippen LogP contribution is 2.31. The van der Waals surface area contributed by atoms with Gasteiger partial charge in [-0.3, -0.25) is 9.59 Å². The molecule has 1 N–H and O–H groups in total. The van der Waals surface area contributed by atoms with Gasteiger partial charge in [0.2, 0.25) is 11.8 Å². The molecule has 1 fully saturated rings. The van der Waals surface area contributed by atoms with Crippen LogP contribution < -0.4 is 14.8 Å². The second-order valence-electron chi connectivity index (χ2n) is 8.15. The van der Waals surface area contributed by atoms with Gasteiger partial charge in [-0.25, -0.2) is 0 Å². The van der Waals surface area contributed by atoms with Gasteiger partial charge < -0.3 is 19.7 Å². The van der Waals surface area contributed by atoms with Gasteiger partial charge in [0.05, 0.1) is 19.3 Å². The molecule has 0 bridgehead atoms. The molecule has 33 heavy (non-hydrogen) atoms. The summed E-state index contributed by atoms with van der Waals surface area (Å²) in [6.45, 7) is 8.12. The van der Waals surface area contributed by atoms with Crippen LogP contribution in [0.5, 0.6) is 11.5 Å². The first-order valence-corrected chi connectivity index (χ1v) is 11.7. The van der Waals surface area contributed by atoms with Gasteiger partial charge in [-0.05, 0) is 62.9 Å². The minimum Gasteiger partial charge on any atom is -0.490 e. The first-order valence-electron chi connectivity index (χ1n) is 11.7. The Kier molecular flexibility index (Phi) is 8.93. The van der Waals surface area contributed by atoms with E-state index in [0.29, 0.717) is 50.6 Å². The van der Waals surface area contributed by atoms with Gasteiger partial charge in [-0.2, -0.15) is 0 Å². The quantitative estimate of drug-likeness (QED) is 0.567. The van der Waals surface area contributed by atoms with Gasteiger partial charge >= 0.3 is 0 Å². The lowest BCUT2D eigenvalue weighted by Gasteiger charge is -2.31. The summed E-state index contributed by atoms with van der Waals surface area (Å²) in [4.78, 5) is 27.2. The summed E-state index contributed by atoms with van der Waals surface area (Å²) in [5.41, 5.74) is 1.96. The maximum Gasteiger partial charge on any atom is 0.246 e. The maximum atomic E-state index is 12.9. The van der Waals surface area contributed by atoms with Crippen LogP contribution in [0.1, 0.15) is 50.8 Å². The topological polar surface area (TPSA) is 67.9 Å². The van der Waals surface area contributed by atoms with Gasteiger partial charge in [-0.1, -0.05) is 36.4 Å². The molecule has 2 amide bonds. The number of nitrogens with zero attached hydrogens (tertiary/aromatic N) is 1. The number of carbonyl (C=O) groups excluding carboxylic acids is 2. The molecule has 0 aromatic heterocycles. The van der Waals surface area contributed by atoms with E-state index in [-0.39, 0.29) is 23.8 Å². The van der Waals surface area contributed by atoms with Crippen molar-refractivity contribution in [3.8, 4) is 11.5 Å². The van der Waals surface area contributed by atoms with E-state index in [2.05, 4.69) is 5.32 Å². The molecule has 2 aromatic rings. The van der Waals surface area contributed by atoms with Gasteiger partial charge in [0.1, 0.15) is 0 Å². The van der Waals surface area contributed by atoms with E-state index >= 15 is 0 Å². The number of hydrogen-bond donors (Lipinski definition) is 1. The Morgan fingerprint density at radius 2 is 1.70 bits per heavy atom. The molecule has 3 rings (SSSR count). The largest absolute Gasteiger partial charge is 0.490 e. The fourth-order valence-corrected chi connectivity index (χ4v) is 3.95. The maximum absolute atomic E-state index is 12.9. The van der Waals surface area contributed by atoms with Gasteiger partial charge in [0.15, 0.2) is 11.5 Å². The first-order chi connectivity index (χ1) is 16.0. The Balaban J connectivity index is 1.52. The molecule has 2 aromatic carbocycles. The van der Waals surface area contributed by atoms with Crippen molar-refractivity contribution in [2.24, 2.45) is 5.92 Å². The number of nitrogens with one attached hydrogen (secondary N) is 1. The number of rotatable bonds is 9. The molecule has 0 spiro atoms. The second-order valence-corrected chi connectivity index (χ2v) is 8.15. The third-order valence-corrected chi connectivity index (χ3v) is 5.82. The van der Waals surface area contributed by atoms with E-state index in [1.54, 1.807) is 6.08 Å². The predicted octanol–water partition coefficient (Wildman–Crippen LogP) is 4.61. The zero-order chi connectivity index (χ0) is 23.6. The number of benzene rings is 2. The molecular formula is C27H34N2O4. The van der Waals surface area contributed by atoms with Crippen molar-refractivity contribution < 1.29 is 19.1 Å². The summed E-state index contributed by atoms with van der Waals surface area (Å²) in [5.74, 6) is 1.32. The standard InChI is InChI=1S/C27H34N2O4/c1-4-32-24-13-12-23(19-25(24)33-5-2)20(3)28-27(31)22-15-17-29(18-16-22)26(30)14-11-21-9-7-6-8-10-21/h6-14,19-20,22H,4-5,15-18H2,1-3H3,(H,28,31)/b14-11+. The summed E-state index contributed by atoms with van der Waals surface area (Å²) in [6, 6.07) is 15.4. The van der Waals surface area contributed by atoms with Crippen LogP contribution in [0.25, 0.3) is 6.08 Å². The molecule has 0 saturated carbocycles. The number of carbonyl (C=O) groups is 2. The van der Waals surface area contributed by atoms with E-state index in [9.17, 15) is 9.59 Å². The monoisotopic (exact) mass is 450 g/mol. The number of amides is 2. The van der Waals surface area contributed by atoms with E-state index in [1.165, 1.54) is 0 Å². The number of hydrogen-bond acceptors (Lipinski definition) is 4. The zero-order valence-corrected chi connectivity index (χ0v) is 19.8. The van der Waals surface area contributed by atoms with Crippen molar-refractivity contribution in [3.05, 3.63) is 65.7 Å². The molecule has 1 saturated heterocycles. The zero-order valence-electron chi connectivity index (χ0n) is 19.8. The van der Waals surface area contributed by atoms with Crippen LogP contribution in [-0.4, -0.2) is 43.0 Å². The Morgan fingerprint density at radius 1 is 1.03 bits per heavy atom. The van der Waals surface area contributed by atoms with Crippen molar-refractivity contribution >= 4 is 17.9 Å². The van der Waals surface area contributed by atoms with Crippen LogP contribution in [0.3, 0.4) is 0 Å². The average Bonchev–Trinajstić information content (AvgIpc) is 2.84. The smallest absolute Gasteiger partial charge is 0.246 e. The third-order valence-electron chi connectivity index (χ3n) is 5.82. The van der Waals surface area contributed by atoms with Crippen molar-refractivity contribution in [1.82, 2.24) is 10.2 Å². The fourth-order valence-electron chi connectivity index (χ4n) is 3.95. The average molecular weight is 451 g/mol. The molecular weight excluding hydrogens is 416 g/mol. The summed E-state index contributed by atoms with van der Waals surface area (Å²) < 4.78 is 11.3. The van der Waals surface area contributed by atoms with Crippen LogP contribution in [0.4, 0.5) is 0 Å².